The van der Waals surface area contributed by atoms with Crippen molar-refractivity contribution in [2.24, 2.45) is 11.3 Å². The highest BCUT2D eigenvalue weighted by atomic mass is 32.2. The predicted octanol–water partition coefficient (Wildman–Crippen LogP) is 1.50. The highest BCUT2D eigenvalue weighted by Gasteiger charge is 2.61. The van der Waals surface area contributed by atoms with Crippen LogP contribution in [0.3, 0.4) is 0 Å². The molecule has 2 fully saturated rings. The van der Waals surface area contributed by atoms with Crippen LogP contribution in [0.4, 0.5) is 0 Å². The van der Waals surface area contributed by atoms with Crippen LogP contribution in [0.15, 0.2) is 0 Å². The van der Waals surface area contributed by atoms with E-state index in [4.69, 9.17) is 5.26 Å². The summed E-state index contributed by atoms with van der Waals surface area (Å²) in [6.07, 6.45) is 2.43. The van der Waals surface area contributed by atoms with Gasteiger partial charge >= 0.3 is 0 Å². The van der Waals surface area contributed by atoms with Gasteiger partial charge in [0.1, 0.15) is 0 Å². The molecule has 14 heavy (non-hydrogen) atoms. The van der Waals surface area contributed by atoms with Crippen LogP contribution >= 0.6 is 0 Å². The molecule has 1 aliphatic heterocycles. The number of hydrogen-bond acceptors (Lipinski definition) is 3. The Balaban J connectivity index is 2.39. The van der Waals surface area contributed by atoms with Crippen LogP contribution in [-0.4, -0.2) is 18.9 Å². The third-order valence-electron chi connectivity index (χ3n) is 3.99. The summed E-state index contributed by atoms with van der Waals surface area (Å²) in [6, 6.07) is 2.32. The van der Waals surface area contributed by atoms with Gasteiger partial charge in [0, 0.05) is 0 Å². The Kier molecular flexibility index (Phi) is 1.79. The molecule has 78 valence electrons. The van der Waals surface area contributed by atoms with E-state index in [1.165, 1.54) is 0 Å². The second kappa shape index (κ2) is 2.52. The van der Waals surface area contributed by atoms with Crippen molar-refractivity contribution in [3.05, 3.63) is 0 Å². The summed E-state index contributed by atoms with van der Waals surface area (Å²) >= 11 is 0. The first-order valence-electron chi connectivity index (χ1n) is 4.99. The SMILES string of the molecule is CC1(C)C(C2(C#N)CC2)CCS1(=O)=O. The largest absolute Gasteiger partial charge is 0.228 e. The Hall–Kier alpha value is -0.560. The Morgan fingerprint density at radius 2 is 1.93 bits per heavy atom. The van der Waals surface area contributed by atoms with Crippen LogP contribution in [0, 0.1) is 22.7 Å². The van der Waals surface area contributed by atoms with Crippen LogP contribution in [0.25, 0.3) is 0 Å². The molecule has 0 aromatic heterocycles. The molecular weight excluding hydrogens is 198 g/mol. The fourth-order valence-corrected chi connectivity index (χ4v) is 4.56. The maximum Gasteiger partial charge on any atom is 0.155 e. The topological polar surface area (TPSA) is 57.9 Å². The van der Waals surface area contributed by atoms with Gasteiger partial charge in [0.2, 0.25) is 0 Å². The fourth-order valence-electron chi connectivity index (χ4n) is 2.71. The van der Waals surface area contributed by atoms with E-state index >= 15 is 0 Å². The first-order chi connectivity index (χ1) is 6.36. The van der Waals surface area contributed by atoms with Crippen molar-refractivity contribution in [3.8, 4) is 6.07 Å². The lowest BCUT2D eigenvalue weighted by Gasteiger charge is -2.28. The van der Waals surface area contributed by atoms with Gasteiger partial charge in [-0.2, -0.15) is 5.26 Å². The third kappa shape index (κ3) is 1.05. The average Bonchev–Trinajstić information content (AvgIpc) is 2.80. The molecule has 0 spiro atoms. The molecule has 0 aromatic carbocycles. The lowest BCUT2D eigenvalue weighted by molar-refractivity contribution is 0.316. The first kappa shape index (κ1) is 9.97. The van der Waals surface area contributed by atoms with Crippen molar-refractivity contribution < 1.29 is 8.42 Å². The summed E-state index contributed by atoms with van der Waals surface area (Å²) in [7, 11) is -2.98. The molecule has 1 atom stereocenters. The molecule has 1 aliphatic carbocycles. The van der Waals surface area contributed by atoms with Crippen molar-refractivity contribution in [1.29, 1.82) is 5.26 Å². The van der Waals surface area contributed by atoms with E-state index in [9.17, 15) is 8.42 Å². The lowest BCUT2D eigenvalue weighted by atomic mass is 9.79. The summed E-state index contributed by atoms with van der Waals surface area (Å²) in [5.74, 6) is 0.304. The zero-order valence-electron chi connectivity index (χ0n) is 8.58. The minimum atomic E-state index is -2.98. The molecule has 1 heterocycles. The van der Waals surface area contributed by atoms with Crippen molar-refractivity contribution in [1.82, 2.24) is 0 Å². The van der Waals surface area contributed by atoms with Gasteiger partial charge < -0.3 is 0 Å². The Bertz CT molecular complexity index is 398. The number of nitrogens with zero attached hydrogens (tertiary/aromatic N) is 1. The number of sulfone groups is 1. The second-order valence-corrected chi connectivity index (χ2v) is 7.72. The minimum Gasteiger partial charge on any atom is -0.228 e. The van der Waals surface area contributed by atoms with E-state index in [1.54, 1.807) is 13.8 Å². The summed E-state index contributed by atoms with van der Waals surface area (Å²) in [5.41, 5.74) is -0.312. The molecule has 1 unspecified atom stereocenters. The predicted molar refractivity (Wildman–Crippen MR) is 53.3 cm³/mol. The second-order valence-electron chi connectivity index (χ2n) is 5.03. The zero-order valence-corrected chi connectivity index (χ0v) is 9.39. The average molecular weight is 213 g/mol. The van der Waals surface area contributed by atoms with Crippen LogP contribution < -0.4 is 0 Å². The van der Waals surface area contributed by atoms with E-state index in [0.29, 0.717) is 6.42 Å². The molecule has 0 N–H and O–H groups in total. The number of hydrogen-bond donors (Lipinski definition) is 0. The van der Waals surface area contributed by atoms with Gasteiger partial charge in [-0.25, -0.2) is 8.42 Å². The van der Waals surface area contributed by atoms with Crippen LogP contribution in [0.2, 0.25) is 0 Å². The third-order valence-corrected chi connectivity index (χ3v) is 6.66. The molecule has 0 bridgehead atoms. The Morgan fingerprint density at radius 3 is 2.21 bits per heavy atom. The smallest absolute Gasteiger partial charge is 0.155 e. The molecular formula is C10H15NO2S. The molecule has 4 heteroatoms. The fraction of sp³-hybridized carbons (Fsp3) is 0.900. The summed E-state index contributed by atoms with van der Waals surface area (Å²) in [6.45, 7) is 3.55. The standard InChI is InChI=1S/C10H15NO2S/c1-9(2)8(3-6-14(9,12)13)10(7-11)4-5-10/h8H,3-6H2,1-2H3. The zero-order chi connectivity index (χ0) is 10.6. The van der Waals surface area contributed by atoms with Gasteiger partial charge in [0.15, 0.2) is 9.84 Å². The summed E-state index contributed by atoms with van der Waals surface area (Å²) < 4.78 is 22.9. The van der Waals surface area contributed by atoms with Crippen LogP contribution in [0.5, 0.6) is 0 Å². The highest BCUT2D eigenvalue weighted by Crippen LogP contribution is 2.59. The molecule has 0 amide bonds. The van der Waals surface area contributed by atoms with Crippen molar-refractivity contribution in [2.45, 2.75) is 37.9 Å². The summed E-state index contributed by atoms with van der Waals surface area (Å²) in [4.78, 5) is 0. The quantitative estimate of drug-likeness (QED) is 0.663. The monoisotopic (exact) mass is 213 g/mol. The maximum atomic E-state index is 11.8. The molecule has 0 radical (unpaired) electrons. The molecule has 1 saturated carbocycles. The van der Waals surface area contributed by atoms with Crippen molar-refractivity contribution >= 4 is 9.84 Å². The van der Waals surface area contributed by atoms with E-state index in [0.717, 1.165) is 12.8 Å². The van der Waals surface area contributed by atoms with Gasteiger partial charge in [0.05, 0.1) is 22.0 Å². The van der Waals surface area contributed by atoms with Gasteiger partial charge in [-0.1, -0.05) is 0 Å². The number of rotatable bonds is 1. The van der Waals surface area contributed by atoms with Crippen molar-refractivity contribution in [3.63, 3.8) is 0 Å². The van der Waals surface area contributed by atoms with Gasteiger partial charge in [-0.3, -0.25) is 0 Å². The van der Waals surface area contributed by atoms with Crippen molar-refractivity contribution in [2.75, 3.05) is 5.75 Å². The Labute approximate surface area is 85.0 Å². The molecule has 1 saturated heterocycles. The maximum absolute atomic E-state index is 11.8. The summed E-state index contributed by atoms with van der Waals surface area (Å²) in [5, 5.41) is 9.07. The van der Waals surface area contributed by atoms with E-state index in [1.807, 2.05) is 0 Å². The van der Waals surface area contributed by atoms with Crippen LogP contribution in [0.1, 0.15) is 33.1 Å². The first-order valence-corrected chi connectivity index (χ1v) is 6.64. The normalized spacial score (nSPS) is 36.2. The molecule has 2 aliphatic rings. The molecule has 2 rings (SSSR count). The highest BCUT2D eigenvalue weighted by molar-refractivity contribution is 7.93. The van der Waals surface area contributed by atoms with E-state index in [2.05, 4.69) is 6.07 Å². The minimum absolute atomic E-state index is 0.0463. The molecule has 0 aromatic rings. The van der Waals surface area contributed by atoms with Gasteiger partial charge in [-0.15, -0.1) is 0 Å². The van der Waals surface area contributed by atoms with Gasteiger partial charge in [-0.05, 0) is 39.0 Å². The molecule has 3 nitrogen and oxygen atoms in total. The lowest BCUT2D eigenvalue weighted by Crippen LogP contribution is -2.37. The Morgan fingerprint density at radius 1 is 1.36 bits per heavy atom. The number of nitriles is 1. The van der Waals surface area contributed by atoms with Gasteiger partial charge in [0.25, 0.3) is 0 Å². The van der Waals surface area contributed by atoms with Crippen LogP contribution in [-0.2, 0) is 9.84 Å². The van der Waals surface area contributed by atoms with E-state index < -0.39 is 14.6 Å². The van der Waals surface area contributed by atoms with E-state index in [-0.39, 0.29) is 17.1 Å².